The highest BCUT2D eigenvalue weighted by Gasteiger charge is 2.15. The molecule has 6 heteroatoms. The van der Waals surface area contributed by atoms with E-state index in [0.29, 0.717) is 5.82 Å². The van der Waals surface area contributed by atoms with Gasteiger partial charge in [-0.3, -0.25) is 4.79 Å². The summed E-state index contributed by atoms with van der Waals surface area (Å²) in [6.45, 7) is 0.419. The molecule has 1 N–H and O–H groups in total. The quantitative estimate of drug-likeness (QED) is 0.301. The summed E-state index contributed by atoms with van der Waals surface area (Å²) in [7, 11) is 0. The Bertz CT molecular complexity index is 1440. The maximum atomic E-state index is 12.9. The van der Waals surface area contributed by atoms with E-state index in [1.165, 1.54) is 5.39 Å². The third-order valence-corrected chi connectivity index (χ3v) is 6.20. The lowest BCUT2D eigenvalue weighted by atomic mass is 10.1. The zero-order chi connectivity index (χ0) is 22.6. The van der Waals surface area contributed by atoms with Crippen LogP contribution >= 0.6 is 11.8 Å². The van der Waals surface area contributed by atoms with Gasteiger partial charge < -0.3 is 14.6 Å². The zero-order valence-electron chi connectivity index (χ0n) is 18.2. The maximum Gasteiger partial charge on any atom is 0.244 e. The van der Waals surface area contributed by atoms with E-state index in [1.807, 2.05) is 89.7 Å². The van der Waals surface area contributed by atoms with Crippen molar-refractivity contribution in [3.8, 4) is 5.75 Å². The van der Waals surface area contributed by atoms with Crippen LogP contribution in [0, 0.1) is 0 Å². The number of hydrogen-bond donors (Lipinski definition) is 1. The molecule has 0 fully saturated rings. The molecule has 0 saturated carbocycles. The normalized spacial score (nSPS) is 11.1. The van der Waals surface area contributed by atoms with E-state index in [1.54, 1.807) is 11.8 Å². The van der Waals surface area contributed by atoms with Crippen molar-refractivity contribution in [1.82, 2.24) is 9.55 Å². The van der Waals surface area contributed by atoms with Crippen molar-refractivity contribution >= 4 is 45.2 Å². The Morgan fingerprint density at radius 2 is 1.76 bits per heavy atom. The molecule has 1 amide bonds. The third-order valence-electron chi connectivity index (χ3n) is 5.48. The number of benzene rings is 4. The highest BCUT2D eigenvalue weighted by molar-refractivity contribution is 7.98. The molecule has 0 spiro atoms. The average molecular weight is 454 g/mol. The van der Waals surface area contributed by atoms with E-state index in [9.17, 15) is 4.79 Å². The molecule has 0 bridgehead atoms. The molecule has 0 radical (unpaired) electrons. The van der Waals surface area contributed by atoms with Crippen molar-refractivity contribution in [2.45, 2.75) is 18.0 Å². The van der Waals surface area contributed by atoms with Gasteiger partial charge >= 0.3 is 0 Å². The van der Waals surface area contributed by atoms with Crippen molar-refractivity contribution in [1.29, 1.82) is 0 Å². The lowest BCUT2D eigenvalue weighted by molar-refractivity contribution is -0.116. The van der Waals surface area contributed by atoms with Gasteiger partial charge in [-0.1, -0.05) is 48.5 Å². The molecule has 5 rings (SSSR count). The molecule has 4 aromatic carbocycles. The number of thioether (sulfide) groups is 1. The number of hydrogen-bond acceptors (Lipinski definition) is 4. The number of anilines is 1. The Balaban J connectivity index is 1.37. The summed E-state index contributed by atoms with van der Waals surface area (Å²) in [5.41, 5.74) is 2.53. The molecule has 1 aromatic heterocycles. The first-order chi connectivity index (χ1) is 16.2. The van der Waals surface area contributed by atoms with Crippen molar-refractivity contribution < 1.29 is 9.53 Å². The smallest absolute Gasteiger partial charge is 0.244 e. The standard InChI is InChI=1S/C27H23N3O2S/c1-33-23-10-6-9-21(16-23)28-27(31)17-30-25-12-5-4-11-24(25)29-26(30)18-32-22-14-13-19-7-2-3-8-20(19)15-22/h2-16H,17-18H2,1H3,(H,28,31). The fourth-order valence-corrected chi connectivity index (χ4v) is 4.32. The number of nitrogens with zero attached hydrogens (tertiary/aromatic N) is 2. The summed E-state index contributed by atoms with van der Waals surface area (Å²) >= 11 is 1.64. The number of rotatable bonds is 7. The molecule has 0 atom stereocenters. The van der Waals surface area contributed by atoms with Gasteiger partial charge in [-0.05, 0) is 59.5 Å². The fraction of sp³-hybridized carbons (Fsp3) is 0.111. The third kappa shape index (κ3) is 4.71. The minimum Gasteiger partial charge on any atom is -0.486 e. The van der Waals surface area contributed by atoms with Crippen LogP contribution in [-0.2, 0) is 17.9 Å². The van der Waals surface area contributed by atoms with Gasteiger partial charge in [0.25, 0.3) is 0 Å². The van der Waals surface area contributed by atoms with E-state index in [2.05, 4.69) is 17.4 Å². The van der Waals surface area contributed by atoms with E-state index < -0.39 is 0 Å². The van der Waals surface area contributed by atoms with Crippen molar-refractivity contribution in [3.63, 3.8) is 0 Å². The van der Waals surface area contributed by atoms with Crippen LogP contribution in [0.3, 0.4) is 0 Å². The van der Waals surface area contributed by atoms with Gasteiger partial charge in [-0.2, -0.15) is 0 Å². The summed E-state index contributed by atoms with van der Waals surface area (Å²) in [5.74, 6) is 1.37. The molecule has 33 heavy (non-hydrogen) atoms. The molecule has 0 aliphatic heterocycles. The summed E-state index contributed by atoms with van der Waals surface area (Å²) < 4.78 is 8.00. The number of aromatic nitrogens is 2. The number of nitrogens with one attached hydrogen (secondary N) is 1. The predicted octanol–water partition coefficient (Wildman–Crippen LogP) is 6.13. The van der Waals surface area contributed by atoms with Crippen LogP contribution < -0.4 is 10.1 Å². The molecule has 1 heterocycles. The number of imidazole rings is 1. The largest absolute Gasteiger partial charge is 0.486 e. The number of ether oxygens (including phenoxy) is 1. The molecular weight excluding hydrogens is 430 g/mol. The van der Waals surface area contributed by atoms with Gasteiger partial charge in [-0.25, -0.2) is 4.98 Å². The van der Waals surface area contributed by atoms with E-state index in [0.717, 1.165) is 32.8 Å². The second-order valence-corrected chi connectivity index (χ2v) is 8.56. The van der Waals surface area contributed by atoms with Gasteiger partial charge in [0.2, 0.25) is 5.91 Å². The molecule has 164 valence electrons. The molecular formula is C27H23N3O2S. The average Bonchev–Trinajstić information content (AvgIpc) is 3.19. The Morgan fingerprint density at radius 1 is 0.939 bits per heavy atom. The molecule has 0 saturated heterocycles. The van der Waals surface area contributed by atoms with Gasteiger partial charge in [0.15, 0.2) is 0 Å². The highest BCUT2D eigenvalue weighted by atomic mass is 32.2. The molecule has 0 aliphatic rings. The first-order valence-corrected chi connectivity index (χ1v) is 11.9. The Morgan fingerprint density at radius 3 is 2.64 bits per heavy atom. The highest BCUT2D eigenvalue weighted by Crippen LogP contribution is 2.23. The maximum absolute atomic E-state index is 12.9. The second kappa shape index (κ2) is 9.38. The lowest BCUT2D eigenvalue weighted by Crippen LogP contribution is -2.20. The number of para-hydroxylation sites is 2. The van der Waals surface area contributed by atoms with Crippen molar-refractivity contribution in [2.75, 3.05) is 11.6 Å². The lowest BCUT2D eigenvalue weighted by Gasteiger charge is -2.12. The van der Waals surface area contributed by atoms with Crippen LogP contribution in [0.1, 0.15) is 5.82 Å². The molecule has 0 unspecified atom stereocenters. The summed E-state index contributed by atoms with van der Waals surface area (Å²) in [6, 6.07) is 29.9. The van der Waals surface area contributed by atoms with Crippen LogP contribution in [0.25, 0.3) is 21.8 Å². The second-order valence-electron chi connectivity index (χ2n) is 7.68. The Kier molecular flexibility index (Phi) is 6.00. The molecule has 5 aromatic rings. The van der Waals surface area contributed by atoms with Crippen LogP contribution in [0.5, 0.6) is 5.75 Å². The number of amides is 1. The van der Waals surface area contributed by atoms with E-state index >= 15 is 0 Å². The van der Waals surface area contributed by atoms with Gasteiger partial charge in [0.1, 0.15) is 24.7 Å². The van der Waals surface area contributed by atoms with Gasteiger partial charge in [-0.15, -0.1) is 11.8 Å². The monoisotopic (exact) mass is 453 g/mol. The molecule has 5 nitrogen and oxygen atoms in total. The fourth-order valence-electron chi connectivity index (χ4n) is 3.86. The predicted molar refractivity (Wildman–Crippen MR) is 135 cm³/mol. The first-order valence-electron chi connectivity index (χ1n) is 10.7. The minimum absolute atomic E-state index is 0.108. The van der Waals surface area contributed by atoms with E-state index in [-0.39, 0.29) is 19.1 Å². The first kappa shape index (κ1) is 21.1. The summed E-state index contributed by atoms with van der Waals surface area (Å²) in [4.78, 5) is 18.7. The minimum atomic E-state index is -0.108. The zero-order valence-corrected chi connectivity index (χ0v) is 19.0. The number of carbonyl (C=O) groups excluding carboxylic acids is 1. The van der Waals surface area contributed by atoms with Gasteiger partial charge in [0.05, 0.1) is 11.0 Å². The van der Waals surface area contributed by atoms with Crippen LogP contribution in [0.4, 0.5) is 5.69 Å². The number of carbonyl (C=O) groups is 1. The van der Waals surface area contributed by atoms with Crippen molar-refractivity contribution in [2.24, 2.45) is 0 Å². The Hall–Kier alpha value is -3.77. The van der Waals surface area contributed by atoms with Gasteiger partial charge in [0, 0.05) is 10.6 Å². The summed E-state index contributed by atoms with van der Waals surface area (Å²) in [5, 5.41) is 5.29. The Labute approximate surface area is 196 Å². The molecule has 0 aliphatic carbocycles. The van der Waals surface area contributed by atoms with Crippen LogP contribution in [0.15, 0.2) is 95.9 Å². The summed E-state index contributed by atoms with van der Waals surface area (Å²) in [6.07, 6.45) is 2.01. The number of fused-ring (bicyclic) bond motifs is 2. The van der Waals surface area contributed by atoms with E-state index in [4.69, 9.17) is 9.72 Å². The van der Waals surface area contributed by atoms with Crippen molar-refractivity contribution in [3.05, 3.63) is 96.8 Å². The topological polar surface area (TPSA) is 56.2 Å². The van der Waals surface area contributed by atoms with Crippen LogP contribution in [0.2, 0.25) is 0 Å². The SMILES string of the molecule is CSc1cccc(NC(=O)Cn2c(COc3ccc4ccccc4c3)nc3ccccc32)c1. The van der Waals surface area contributed by atoms with Crippen LogP contribution in [-0.4, -0.2) is 21.7 Å².